The molecule has 0 aliphatic carbocycles. The first-order valence-corrected chi connectivity index (χ1v) is 7.48. The molecule has 0 nitrogen and oxygen atoms in total. The summed E-state index contributed by atoms with van der Waals surface area (Å²) >= 11 is 8.08. The Kier molecular flexibility index (Phi) is 3.16. The lowest BCUT2D eigenvalue weighted by molar-refractivity contribution is 1.64. The van der Waals surface area contributed by atoms with Gasteiger partial charge in [0.15, 0.2) is 0 Å². The van der Waals surface area contributed by atoms with Crippen molar-refractivity contribution in [3.05, 3.63) is 0 Å². The maximum atomic E-state index is 5.80. The van der Waals surface area contributed by atoms with E-state index in [9.17, 15) is 0 Å². The summed E-state index contributed by atoms with van der Waals surface area (Å²) in [7, 11) is -0.982. The van der Waals surface area contributed by atoms with Gasteiger partial charge in [-0.3, -0.25) is 0 Å². The number of rotatable bonds is 1. The van der Waals surface area contributed by atoms with E-state index < -0.39 is 8.07 Å². The highest BCUT2D eigenvalue weighted by Crippen LogP contribution is 2.19. The van der Waals surface area contributed by atoms with Crippen LogP contribution in [0, 0.1) is 0 Å². The zero-order chi connectivity index (χ0) is 6.08. The largest absolute Gasteiger partial charge is 0.115 e. The number of hydrogen-bond donors (Lipinski definition) is 0. The second-order valence-corrected chi connectivity index (χ2v) is 11.9. The van der Waals surface area contributed by atoms with E-state index in [2.05, 4.69) is 42.2 Å². The molecule has 0 aliphatic rings. The molecule has 0 aromatic rings. The van der Waals surface area contributed by atoms with E-state index >= 15 is 0 Å². The minimum Gasteiger partial charge on any atom is -0.115 e. The van der Waals surface area contributed by atoms with Crippen molar-refractivity contribution in [1.82, 2.24) is 0 Å². The molecule has 3 heteroatoms. The Labute approximate surface area is 64.8 Å². The lowest BCUT2D eigenvalue weighted by Crippen LogP contribution is -2.28. The maximum Gasteiger partial charge on any atom is 0.0773 e. The maximum absolute atomic E-state index is 5.80. The Morgan fingerprint density at radius 1 is 1.43 bits per heavy atom. The summed E-state index contributed by atoms with van der Waals surface area (Å²) < 4.78 is 0.380. The van der Waals surface area contributed by atoms with Crippen molar-refractivity contribution in [3.63, 3.8) is 0 Å². The van der Waals surface area contributed by atoms with Gasteiger partial charge in [-0.15, -0.1) is 11.6 Å². The SMILES string of the molecule is C[Si](C)(C)C(Cl)I. The molecule has 1 unspecified atom stereocenters. The Morgan fingerprint density at radius 2 is 1.57 bits per heavy atom. The lowest BCUT2D eigenvalue weighted by atomic mass is 11.8. The third kappa shape index (κ3) is 3.79. The van der Waals surface area contributed by atoms with Crippen LogP contribution in [0.3, 0.4) is 0 Å². The van der Waals surface area contributed by atoms with Gasteiger partial charge in [0.2, 0.25) is 0 Å². The Balaban J connectivity index is 3.54. The van der Waals surface area contributed by atoms with Crippen LogP contribution >= 0.6 is 34.2 Å². The van der Waals surface area contributed by atoms with E-state index in [1.807, 2.05) is 0 Å². The van der Waals surface area contributed by atoms with Crippen LogP contribution in [-0.4, -0.2) is 11.1 Å². The van der Waals surface area contributed by atoms with E-state index in [0.717, 1.165) is 0 Å². The standard InChI is InChI=1S/C4H10ClISi/c1-7(2,3)4(5)6/h4H,1-3H3. The fraction of sp³-hybridized carbons (Fsp3) is 1.00. The number of alkyl halides is 2. The number of halogens is 2. The van der Waals surface area contributed by atoms with Gasteiger partial charge >= 0.3 is 0 Å². The monoisotopic (exact) mass is 248 g/mol. The fourth-order valence-corrected chi connectivity index (χ4v) is 0. The van der Waals surface area contributed by atoms with Gasteiger partial charge in [-0.05, 0) is 0 Å². The molecule has 0 saturated carbocycles. The van der Waals surface area contributed by atoms with Crippen molar-refractivity contribution < 1.29 is 0 Å². The van der Waals surface area contributed by atoms with E-state index in [1.165, 1.54) is 0 Å². The molecule has 0 saturated heterocycles. The van der Waals surface area contributed by atoms with Crippen LogP contribution in [0.5, 0.6) is 0 Å². The van der Waals surface area contributed by atoms with Gasteiger partial charge in [-0.25, -0.2) is 0 Å². The second-order valence-electron chi connectivity index (χ2n) is 2.67. The van der Waals surface area contributed by atoms with Gasteiger partial charge in [0.05, 0.1) is 11.1 Å². The Morgan fingerprint density at radius 3 is 1.57 bits per heavy atom. The Hall–Kier alpha value is 1.24. The molecule has 0 aromatic heterocycles. The third-order valence-corrected chi connectivity index (χ3v) is 9.53. The van der Waals surface area contributed by atoms with Crippen LogP contribution < -0.4 is 0 Å². The molecular weight excluding hydrogens is 238 g/mol. The first-order valence-electron chi connectivity index (χ1n) is 2.23. The van der Waals surface area contributed by atoms with Crippen LogP contribution in [0.4, 0.5) is 0 Å². The molecule has 0 aromatic carbocycles. The highest BCUT2D eigenvalue weighted by Gasteiger charge is 2.20. The summed E-state index contributed by atoms with van der Waals surface area (Å²) in [6.45, 7) is 6.78. The van der Waals surface area contributed by atoms with Crippen LogP contribution in [0.1, 0.15) is 0 Å². The molecule has 0 spiro atoms. The van der Waals surface area contributed by atoms with Crippen LogP contribution in [0.15, 0.2) is 0 Å². The molecule has 7 heavy (non-hydrogen) atoms. The molecule has 0 fully saturated rings. The molecule has 0 rings (SSSR count). The molecule has 44 valence electrons. The summed E-state index contributed by atoms with van der Waals surface area (Å²) in [6.07, 6.45) is 0. The summed E-state index contributed by atoms with van der Waals surface area (Å²) in [4.78, 5) is 0. The Bertz CT molecular complexity index is 57.2. The van der Waals surface area contributed by atoms with Crippen molar-refractivity contribution in [1.29, 1.82) is 0 Å². The van der Waals surface area contributed by atoms with E-state index in [0.29, 0.717) is 3.01 Å². The van der Waals surface area contributed by atoms with Crippen molar-refractivity contribution in [2.45, 2.75) is 22.6 Å². The zero-order valence-corrected chi connectivity index (χ0v) is 8.75. The van der Waals surface area contributed by atoms with Gasteiger partial charge in [-0.2, -0.15) is 0 Å². The van der Waals surface area contributed by atoms with E-state index in [4.69, 9.17) is 11.6 Å². The molecule has 1 atom stereocenters. The van der Waals surface area contributed by atoms with Gasteiger partial charge in [0.1, 0.15) is 0 Å². The van der Waals surface area contributed by atoms with Gasteiger partial charge in [0.25, 0.3) is 0 Å². The van der Waals surface area contributed by atoms with Crippen LogP contribution in [0.25, 0.3) is 0 Å². The van der Waals surface area contributed by atoms with Gasteiger partial charge < -0.3 is 0 Å². The summed E-state index contributed by atoms with van der Waals surface area (Å²) in [5.41, 5.74) is 0. The molecule has 0 heterocycles. The smallest absolute Gasteiger partial charge is 0.0773 e. The molecule has 0 aliphatic heterocycles. The predicted octanol–water partition coefficient (Wildman–Crippen LogP) is 2.86. The quantitative estimate of drug-likeness (QED) is 0.380. The van der Waals surface area contributed by atoms with Gasteiger partial charge in [-0.1, -0.05) is 42.2 Å². The predicted molar refractivity (Wildman–Crippen MR) is 47.0 cm³/mol. The summed E-state index contributed by atoms with van der Waals surface area (Å²) in [5.74, 6) is 0. The first-order chi connectivity index (χ1) is 2.94. The average molecular weight is 249 g/mol. The molecule has 0 radical (unpaired) electrons. The first kappa shape index (κ1) is 8.24. The normalized spacial score (nSPS) is 16.7. The lowest BCUT2D eigenvalue weighted by Gasteiger charge is -2.15. The van der Waals surface area contributed by atoms with Crippen molar-refractivity contribution in [2.24, 2.45) is 0 Å². The van der Waals surface area contributed by atoms with Crippen LogP contribution in [-0.2, 0) is 0 Å². The van der Waals surface area contributed by atoms with Crippen molar-refractivity contribution in [2.75, 3.05) is 0 Å². The highest BCUT2D eigenvalue weighted by molar-refractivity contribution is 14.1. The minimum atomic E-state index is -0.982. The van der Waals surface area contributed by atoms with Crippen molar-refractivity contribution in [3.8, 4) is 0 Å². The summed E-state index contributed by atoms with van der Waals surface area (Å²) in [5, 5.41) is 0. The fourth-order valence-electron chi connectivity index (χ4n) is 0. The molecule has 0 bridgehead atoms. The summed E-state index contributed by atoms with van der Waals surface area (Å²) in [6, 6.07) is 0. The zero-order valence-electron chi connectivity index (χ0n) is 4.83. The topological polar surface area (TPSA) is 0 Å². The molecular formula is C4H10ClISi. The van der Waals surface area contributed by atoms with Gasteiger partial charge in [0, 0.05) is 0 Å². The minimum absolute atomic E-state index is 0.380. The molecule has 0 N–H and O–H groups in total. The van der Waals surface area contributed by atoms with Crippen molar-refractivity contribution >= 4 is 42.3 Å². The second kappa shape index (κ2) is 2.69. The van der Waals surface area contributed by atoms with E-state index in [-0.39, 0.29) is 0 Å². The third-order valence-electron chi connectivity index (χ3n) is 0.655. The van der Waals surface area contributed by atoms with Crippen LogP contribution in [0.2, 0.25) is 19.6 Å². The number of hydrogen-bond acceptors (Lipinski definition) is 0. The highest BCUT2D eigenvalue weighted by atomic mass is 127. The van der Waals surface area contributed by atoms with E-state index in [1.54, 1.807) is 0 Å². The molecule has 0 amide bonds. The average Bonchev–Trinajstić information content (AvgIpc) is 1.31.